The first kappa shape index (κ1) is 14.6. The summed E-state index contributed by atoms with van der Waals surface area (Å²) in [5.41, 5.74) is 2.55. The van der Waals surface area contributed by atoms with Crippen LogP contribution >= 0.6 is 0 Å². The van der Waals surface area contributed by atoms with Crippen LogP contribution in [0, 0.1) is 24.7 Å². The molecular formula is C17H24O. The monoisotopic (exact) mass is 244 g/mol. The van der Waals surface area contributed by atoms with Gasteiger partial charge < -0.3 is 4.74 Å². The maximum Gasteiger partial charge on any atom is 0.122 e. The average molecular weight is 244 g/mol. The quantitative estimate of drug-likeness (QED) is 0.706. The van der Waals surface area contributed by atoms with Gasteiger partial charge in [-0.05, 0) is 31.4 Å². The first-order valence-corrected chi connectivity index (χ1v) is 6.81. The van der Waals surface area contributed by atoms with E-state index in [0.717, 1.165) is 12.2 Å². The Morgan fingerprint density at radius 3 is 2.56 bits per heavy atom. The fourth-order valence-electron chi connectivity index (χ4n) is 1.97. The second kappa shape index (κ2) is 7.11. The highest BCUT2D eigenvalue weighted by atomic mass is 16.5. The first-order valence-electron chi connectivity index (χ1n) is 6.81. The molecule has 98 valence electrons. The molecule has 0 radical (unpaired) electrons. The molecule has 0 bridgehead atoms. The third-order valence-electron chi connectivity index (χ3n) is 3.21. The molecule has 0 saturated carbocycles. The van der Waals surface area contributed by atoms with E-state index in [1.807, 2.05) is 6.92 Å². The minimum Gasteiger partial charge on any atom is -0.494 e. The zero-order valence-corrected chi connectivity index (χ0v) is 12.2. The van der Waals surface area contributed by atoms with E-state index in [0.29, 0.717) is 18.4 Å². The Morgan fingerprint density at radius 1 is 1.22 bits per heavy atom. The van der Waals surface area contributed by atoms with E-state index in [1.165, 1.54) is 11.1 Å². The molecule has 2 atom stereocenters. The number of hydrogen-bond donors (Lipinski definition) is 0. The number of benzene rings is 1. The summed E-state index contributed by atoms with van der Waals surface area (Å²) < 4.78 is 5.72. The lowest BCUT2D eigenvalue weighted by atomic mass is 9.88. The zero-order chi connectivity index (χ0) is 13.5. The van der Waals surface area contributed by atoms with Gasteiger partial charge in [-0.1, -0.05) is 44.4 Å². The highest BCUT2D eigenvalue weighted by Gasteiger charge is 2.16. The Labute approximate surface area is 112 Å². The number of aryl methyl sites for hydroxylation is 1. The molecule has 1 heteroatoms. The zero-order valence-electron chi connectivity index (χ0n) is 12.2. The van der Waals surface area contributed by atoms with E-state index in [9.17, 15) is 0 Å². The lowest BCUT2D eigenvalue weighted by Crippen LogP contribution is -2.07. The molecule has 2 unspecified atom stereocenters. The normalized spacial score (nSPS) is 13.4. The van der Waals surface area contributed by atoms with Gasteiger partial charge in [0.1, 0.15) is 5.75 Å². The van der Waals surface area contributed by atoms with Crippen LogP contribution in [0.3, 0.4) is 0 Å². The van der Waals surface area contributed by atoms with Gasteiger partial charge in [-0.25, -0.2) is 0 Å². The van der Waals surface area contributed by atoms with Gasteiger partial charge in [-0.2, -0.15) is 0 Å². The Kier molecular flexibility index (Phi) is 5.78. The van der Waals surface area contributed by atoms with Crippen molar-refractivity contribution >= 4 is 0 Å². The maximum atomic E-state index is 5.72. The number of ether oxygens (including phenoxy) is 1. The summed E-state index contributed by atoms with van der Waals surface area (Å²) in [5.74, 6) is 8.24. The molecule has 1 aromatic rings. The second-order valence-corrected chi connectivity index (χ2v) is 4.73. The van der Waals surface area contributed by atoms with Crippen molar-refractivity contribution in [2.24, 2.45) is 5.92 Å². The summed E-state index contributed by atoms with van der Waals surface area (Å²) in [6, 6.07) is 6.40. The molecular weight excluding hydrogens is 220 g/mol. The van der Waals surface area contributed by atoms with Crippen LogP contribution in [0.1, 0.15) is 51.2 Å². The van der Waals surface area contributed by atoms with Crippen LogP contribution < -0.4 is 4.74 Å². The Hall–Kier alpha value is -1.42. The Balaban J connectivity index is 3.02. The third-order valence-corrected chi connectivity index (χ3v) is 3.21. The fourth-order valence-corrected chi connectivity index (χ4v) is 1.97. The van der Waals surface area contributed by atoms with E-state index < -0.39 is 0 Å². The summed E-state index contributed by atoms with van der Waals surface area (Å²) in [6.45, 7) is 11.3. The van der Waals surface area contributed by atoms with Gasteiger partial charge in [-0.3, -0.25) is 0 Å². The molecule has 0 aliphatic carbocycles. The van der Waals surface area contributed by atoms with Crippen LogP contribution in [-0.2, 0) is 0 Å². The third kappa shape index (κ3) is 3.81. The van der Waals surface area contributed by atoms with Crippen LogP contribution in [-0.4, -0.2) is 6.61 Å². The van der Waals surface area contributed by atoms with E-state index in [-0.39, 0.29) is 0 Å². The summed E-state index contributed by atoms with van der Waals surface area (Å²) in [7, 11) is 0. The molecule has 0 amide bonds. The van der Waals surface area contributed by atoms with Gasteiger partial charge in [0.05, 0.1) is 6.61 Å². The molecule has 0 heterocycles. The van der Waals surface area contributed by atoms with Crippen molar-refractivity contribution in [3.63, 3.8) is 0 Å². The lowest BCUT2D eigenvalue weighted by molar-refractivity contribution is 0.332. The highest BCUT2D eigenvalue weighted by Crippen LogP contribution is 2.32. The summed E-state index contributed by atoms with van der Waals surface area (Å²) in [4.78, 5) is 0. The van der Waals surface area contributed by atoms with Crippen molar-refractivity contribution in [3.8, 4) is 17.6 Å². The van der Waals surface area contributed by atoms with E-state index >= 15 is 0 Å². The SMILES string of the molecule is CCC#CC(C)C(C)c1cc(C)ccc1OCC. The topological polar surface area (TPSA) is 9.23 Å². The molecule has 1 nitrogen and oxygen atoms in total. The van der Waals surface area contributed by atoms with E-state index in [2.05, 4.69) is 57.7 Å². The van der Waals surface area contributed by atoms with E-state index in [4.69, 9.17) is 4.74 Å². The van der Waals surface area contributed by atoms with Gasteiger partial charge in [0.15, 0.2) is 0 Å². The molecule has 0 spiro atoms. The largest absolute Gasteiger partial charge is 0.494 e. The molecule has 0 fully saturated rings. The van der Waals surface area contributed by atoms with Crippen molar-refractivity contribution < 1.29 is 4.74 Å². The van der Waals surface area contributed by atoms with Crippen LogP contribution in [0.2, 0.25) is 0 Å². The van der Waals surface area contributed by atoms with Crippen LogP contribution in [0.25, 0.3) is 0 Å². The molecule has 0 aliphatic rings. The van der Waals surface area contributed by atoms with Gasteiger partial charge in [0, 0.05) is 12.3 Å². The predicted molar refractivity (Wildman–Crippen MR) is 78.0 cm³/mol. The molecule has 1 rings (SSSR count). The predicted octanol–water partition coefficient (Wildman–Crippen LogP) is 4.55. The summed E-state index contributed by atoms with van der Waals surface area (Å²) >= 11 is 0. The number of rotatable bonds is 4. The highest BCUT2D eigenvalue weighted by molar-refractivity contribution is 5.40. The second-order valence-electron chi connectivity index (χ2n) is 4.73. The van der Waals surface area contributed by atoms with Gasteiger partial charge >= 0.3 is 0 Å². The Morgan fingerprint density at radius 2 is 1.94 bits per heavy atom. The minimum absolute atomic E-state index is 0.353. The lowest BCUT2D eigenvalue weighted by Gasteiger charge is -2.19. The molecule has 0 aliphatic heterocycles. The van der Waals surface area contributed by atoms with Crippen molar-refractivity contribution in [1.82, 2.24) is 0 Å². The smallest absolute Gasteiger partial charge is 0.122 e. The molecule has 1 aromatic carbocycles. The van der Waals surface area contributed by atoms with Crippen LogP contribution in [0.15, 0.2) is 18.2 Å². The van der Waals surface area contributed by atoms with Gasteiger partial charge in [0.25, 0.3) is 0 Å². The average Bonchev–Trinajstić information content (AvgIpc) is 2.37. The molecule has 18 heavy (non-hydrogen) atoms. The molecule has 0 saturated heterocycles. The summed E-state index contributed by atoms with van der Waals surface area (Å²) in [5, 5.41) is 0. The van der Waals surface area contributed by atoms with Crippen molar-refractivity contribution in [3.05, 3.63) is 29.3 Å². The Bertz CT molecular complexity index is 437. The van der Waals surface area contributed by atoms with Gasteiger partial charge in [0.2, 0.25) is 0 Å². The molecule has 0 N–H and O–H groups in total. The molecule has 0 aromatic heterocycles. The van der Waals surface area contributed by atoms with Crippen molar-refractivity contribution in [1.29, 1.82) is 0 Å². The number of hydrogen-bond acceptors (Lipinski definition) is 1. The van der Waals surface area contributed by atoms with E-state index in [1.54, 1.807) is 0 Å². The minimum atomic E-state index is 0.353. The van der Waals surface area contributed by atoms with Crippen LogP contribution in [0.5, 0.6) is 5.75 Å². The first-order chi connectivity index (χ1) is 8.60. The standard InChI is InChI=1S/C17H24O/c1-6-8-9-14(4)15(5)16-12-13(3)10-11-17(16)18-7-2/h10-12,14-15H,6-7H2,1-5H3. The van der Waals surface area contributed by atoms with Gasteiger partial charge in [-0.15, -0.1) is 5.92 Å². The van der Waals surface area contributed by atoms with Crippen LogP contribution in [0.4, 0.5) is 0 Å². The maximum absolute atomic E-state index is 5.72. The fraction of sp³-hybridized carbons (Fsp3) is 0.529. The van der Waals surface area contributed by atoms with Crippen molar-refractivity contribution in [2.45, 2.75) is 47.0 Å². The summed E-state index contributed by atoms with van der Waals surface area (Å²) in [6.07, 6.45) is 0.920. The van der Waals surface area contributed by atoms with Crippen molar-refractivity contribution in [2.75, 3.05) is 6.61 Å².